The maximum Gasteiger partial charge on any atom is 0.326 e. The van der Waals surface area contributed by atoms with Crippen molar-refractivity contribution in [2.75, 3.05) is 36.5 Å². The highest BCUT2D eigenvalue weighted by atomic mass is 16.5. The molecule has 20 heavy (non-hydrogen) atoms. The molecular formula is C13H20N4O3. The molecule has 1 atom stereocenters. The van der Waals surface area contributed by atoms with Gasteiger partial charge in [0.15, 0.2) is 0 Å². The van der Waals surface area contributed by atoms with Crippen molar-refractivity contribution in [3.63, 3.8) is 0 Å². The number of anilines is 2. The zero-order valence-corrected chi connectivity index (χ0v) is 11.7. The van der Waals surface area contributed by atoms with Gasteiger partial charge in [0.25, 0.3) is 0 Å². The Labute approximate surface area is 118 Å². The van der Waals surface area contributed by atoms with Gasteiger partial charge < -0.3 is 20.1 Å². The average Bonchev–Trinajstić information content (AvgIpc) is 2.45. The number of nitrogens with zero attached hydrogens (tertiary/aromatic N) is 3. The van der Waals surface area contributed by atoms with E-state index in [2.05, 4.69) is 15.3 Å². The lowest BCUT2D eigenvalue weighted by Gasteiger charge is -2.27. The molecule has 2 N–H and O–H groups in total. The first kappa shape index (κ1) is 14.5. The van der Waals surface area contributed by atoms with Crippen LogP contribution in [-0.4, -0.2) is 53.4 Å². The first-order valence-electron chi connectivity index (χ1n) is 6.73. The van der Waals surface area contributed by atoms with Gasteiger partial charge in [0.05, 0.1) is 13.2 Å². The van der Waals surface area contributed by atoms with Crippen LogP contribution < -0.4 is 10.2 Å². The molecule has 1 aliphatic rings. The average molecular weight is 280 g/mol. The topological polar surface area (TPSA) is 87.6 Å². The summed E-state index contributed by atoms with van der Waals surface area (Å²) in [7, 11) is 0. The number of carbonyl (C=O) groups is 1. The molecule has 1 aromatic heterocycles. The third kappa shape index (κ3) is 3.57. The molecule has 1 fully saturated rings. The van der Waals surface area contributed by atoms with Gasteiger partial charge in [-0.15, -0.1) is 0 Å². The maximum atomic E-state index is 11.2. The summed E-state index contributed by atoms with van der Waals surface area (Å²) in [6.07, 6.45) is 1.64. The fraction of sp³-hybridized carbons (Fsp3) is 0.615. The Hall–Kier alpha value is -1.89. The molecule has 0 aromatic carbocycles. The van der Waals surface area contributed by atoms with Gasteiger partial charge in [-0.3, -0.25) is 0 Å². The summed E-state index contributed by atoms with van der Waals surface area (Å²) >= 11 is 0. The van der Waals surface area contributed by atoms with E-state index in [4.69, 9.17) is 4.74 Å². The number of aromatic nitrogens is 2. The molecule has 1 aliphatic heterocycles. The van der Waals surface area contributed by atoms with E-state index in [1.807, 2.05) is 18.7 Å². The van der Waals surface area contributed by atoms with Crippen molar-refractivity contribution in [2.24, 2.45) is 5.92 Å². The van der Waals surface area contributed by atoms with Crippen LogP contribution in [0, 0.1) is 5.92 Å². The Morgan fingerprint density at radius 1 is 1.45 bits per heavy atom. The molecule has 0 spiro atoms. The number of ether oxygens (including phenoxy) is 1. The molecule has 2 heterocycles. The zero-order valence-electron chi connectivity index (χ0n) is 11.7. The molecule has 7 nitrogen and oxygen atoms in total. The second-order valence-electron chi connectivity index (χ2n) is 5.05. The molecule has 0 saturated carbocycles. The van der Waals surface area contributed by atoms with Crippen molar-refractivity contribution in [3.05, 3.63) is 12.3 Å². The number of morpholine rings is 1. The Balaban J connectivity index is 2.10. The first-order valence-corrected chi connectivity index (χ1v) is 6.73. The molecule has 0 radical (unpaired) electrons. The van der Waals surface area contributed by atoms with Crippen molar-refractivity contribution >= 4 is 17.7 Å². The lowest BCUT2D eigenvalue weighted by molar-refractivity contribution is -0.138. The third-order valence-electron chi connectivity index (χ3n) is 3.17. The predicted octanol–water partition coefficient (Wildman–Crippen LogP) is 0.834. The monoisotopic (exact) mass is 280 g/mol. The highest BCUT2D eigenvalue weighted by molar-refractivity contribution is 5.77. The molecular weight excluding hydrogens is 260 g/mol. The number of carboxylic acid groups (broad SMARTS) is 1. The van der Waals surface area contributed by atoms with Gasteiger partial charge in [-0.1, -0.05) is 13.8 Å². The first-order chi connectivity index (χ1) is 9.58. The van der Waals surface area contributed by atoms with Crippen LogP contribution in [0.5, 0.6) is 0 Å². The van der Waals surface area contributed by atoms with Gasteiger partial charge in [-0.05, 0) is 12.0 Å². The van der Waals surface area contributed by atoms with Crippen LogP contribution in [0.25, 0.3) is 0 Å². The van der Waals surface area contributed by atoms with Gasteiger partial charge in [-0.25, -0.2) is 9.78 Å². The van der Waals surface area contributed by atoms with Crippen LogP contribution in [0.3, 0.4) is 0 Å². The Kier molecular flexibility index (Phi) is 4.73. The number of nitrogens with one attached hydrogen (secondary N) is 1. The molecule has 0 unspecified atom stereocenters. The minimum absolute atomic E-state index is 0.0331. The van der Waals surface area contributed by atoms with E-state index < -0.39 is 12.0 Å². The van der Waals surface area contributed by atoms with E-state index in [1.165, 1.54) is 0 Å². The Morgan fingerprint density at radius 2 is 2.15 bits per heavy atom. The van der Waals surface area contributed by atoms with Gasteiger partial charge in [-0.2, -0.15) is 4.98 Å². The van der Waals surface area contributed by atoms with Crippen molar-refractivity contribution in [1.29, 1.82) is 0 Å². The van der Waals surface area contributed by atoms with Gasteiger partial charge in [0.1, 0.15) is 11.9 Å². The third-order valence-corrected chi connectivity index (χ3v) is 3.17. The second kappa shape index (κ2) is 6.51. The largest absolute Gasteiger partial charge is 0.480 e. The number of carboxylic acids is 1. The Bertz CT molecular complexity index is 461. The molecule has 0 bridgehead atoms. The molecule has 2 rings (SSSR count). The van der Waals surface area contributed by atoms with E-state index in [-0.39, 0.29) is 5.92 Å². The normalized spacial score (nSPS) is 17.1. The number of hydrogen-bond donors (Lipinski definition) is 2. The number of hydrogen-bond acceptors (Lipinski definition) is 6. The summed E-state index contributed by atoms with van der Waals surface area (Å²) in [4.78, 5) is 21.8. The van der Waals surface area contributed by atoms with Crippen LogP contribution in [0.4, 0.5) is 11.8 Å². The van der Waals surface area contributed by atoms with Crippen LogP contribution in [-0.2, 0) is 9.53 Å². The number of rotatable bonds is 5. The Morgan fingerprint density at radius 3 is 2.75 bits per heavy atom. The fourth-order valence-corrected chi connectivity index (χ4v) is 2.02. The molecule has 110 valence electrons. The van der Waals surface area contributed by atoms with E-state index in [0.717, 1.165) is 13.1 Å². The quantitative estimate of drug-likeness (QED) is 0.826. The lowest BCUT2D eigenvalue weighted by atomic mass is 10.1. The highest BCUT2D eigenvalue weighted by Crippen LogP contribution is 2.15. The summed E-state index contributed by atoms with van der Waals surface area (Å²) in [5.41, 5.74) is 0. The van der Waals surface area contributed by atoms with Crippen molar-refractivity contribution < 1.29 is 14.6 Å². The molecule has 0 amide bonds. The van der Waals surface area contributed by atoms with Crippen LogP contribution in [0.2, 0.25) is 0 Å². The summed E-state index contributed by atoms with van der Waals surface area (Å²) in [5, 5.41) is 12.1. The van der Waals surface area contributed by atoms with Crippen molar-refractivity contribution in [1.82, 2.24) is 9.97 Å². The summed E-state index contributed by atoms with van der Waals surface area (Å²) in [6.45, 7) is 6.52. The summed E-state index contributed by atoms with van der Waals surface area (Å²) in [5.74, 6) is 0.217. The highest BCUT2D eigenvalue weighted by Gasteiger charge is 2.22. The maximum absolute atomic E-state index is 11.2. The van der Waals surface area contributed by atoms with Crippen LogP contribution in [0.1, 0.15) is 13.8 Å². The minimum atomic E-state index is -0.883. The van der Waals surface area contributed by atoms with E-state index in [9.17, 15) is 9.90 Å². The summed E-state index contributed by atoms with van der Waals surface area (Å²) in [6, 6.07) is 1.02. The van der Waals surface area contributed by atoms with Gasteiger partial charge >= 0.3 is 5.97 Å². The second-order valence-corrected chi connectivity index (χ2v) is 5.05. The van der Waals surface area contributed by atoms with Crippen LogP contribution >= 0.6 is 0 Å². The minimum Gasteiger partial charge on any atom is -0.480 e. The molecule has 1 saturated heterocycles. The van der Waals surface area contributed by atoms with Gasteiger partial charge in [0, 0.05) is 19.3 Å². The predicted molar refractivity (Wildman–Crippen MR) is 74.9 cm³/mol. The fourth-order valence-electron chi connectivity index (χ4n) is 2.02. The summed E-state index contributed by atoms with van der Waals surface area (Å²) < 4.78 is 5.29. The SMILES string of the molecule is CC(C)[C@@H](Nc1ccnc(N2CCOCC2)n1)C(=O)O. The van der Waals surface area contributed by atoms with Crippen molar-refractivity contribution in [3.8, 4) is 0 Å². The van der Waals surface area contributed by atoms with E-state index in [1.54, 1.807) is 12.3 Å². The molecule has 1 aromatic rings. The van der Waals surface area contributed by atoms with Crippen molar-refractivity contribution in [2.45, 2.75) is 19.9 Å². The molecule has 0 aliphatic carbocycles. The van der Waals surface area contributed by atoms with E-state index in [0.29, 0.717) is 25.0 Å². The smallest absolute Gasteiger partial charge is 0.326 e. The van der Waals surface area contributed by atoms with Gasteiger partial charge in [0.2, 0.25) is 5.95 Å². The zero-order chi connectivity index (χ0) is 14.5. The standard InChI is InChI=1S/C13H20N4O3/c1-9(2)11(12(18)19)15-10-3-4-14-13(16-10)17-5-7-20-8-6-17/h3-4,9,11H,5-8H2,1-2H3,(H,18,19)(H,14,15,16)/t11-/m1/s1. The molecule has 7 heteroatoms. The van der Waals surface area contributed by atoms with Crippen LogP contribution in [0.15, 0.2) is 12.3 Å². The van der Waals surface area contributed by atoms with E-state index >= 15 is 0 Å². The lowest BCUT2D eigenvalue weighted by Crippen LogP contribution is -2.38. The number of aliphatic carboxylic acids is 1.